The molecule has 0 saturated carbocycles. The molecule has 0 saturated heterocycles. The Morgan fingerprint density at radius 1 is 1.08 bits per heavy atom. The van der Waals surface area contributed by atoms with E-state index in [-0.39, 0.29) is 6.61 Å². The molecule has 0 spiro atoms. The quantitative estimate of drug-likeness (QED) is 0.440. The van der Waals surface area contributed by atoms with Crippen LogP contribution in [-0.2, 0) is 6.61 Å². The maximum Gasteiger partial charge on any atom is 0.276 e. The molecule has 3 rings (SSSR count). The van der Waals surface area contributed by atoms with E-state index in [0.29, 0.717) is 34.8 Å². The Bertz CT molecular complexity index is 888. The molecule has 0 fully saturated rings. The average Bonchev–Trinajstić information content (AvgIpc) is 3.13. The zero-order chi connectivity index (χ0) is 18.2. The van der Waals surface area contributed by atoms with Crippen LogP contribution >= 0.6 is 11.8 Å². The minimum Gasteiger partial charge on any atom is -0.493 e. The SMILES string of the molecule is Cc1ccc(OCc2nnc(SCCOc3cccc(C#N)c3)o2)cc1. The molecule has 0 bridgehead atoms. The Labute approximate surface area is 155 Å². The fourth-order valence-corrected chi connectivity index (χ4v) is 2.67. The van der Waals surface area contributed by atoms with E-state index in [1.54, 1.807) is 18.2 Å². The van der Waals surface area contributed by atoms with Crippen molar-refractivity contribution in [2.45, 2.75) is 18.8 Å². The summed E-state index contributed by atoms with van der Waals surface area (Å²) in [6.45, 7) is 2.72. The van der Waals surface area contributed by atoms with Crippen LogP contribution in [-0.4, -0.2) is 22.6 Å². The normalized spacial score (nSPS) is 10.3. The summed E-state index contributed by atoms with van der Waals surface area (Å²) in [7, 11) is 0. The smallest absolute Gasteiger partial charge is 0.276 e. The Morgan fingerprint density at radius 3 is 2.73 bits per heavy atom. The lowest BCUT2D eigenvalue weighted by molar-refractivity contribution is 0.252. The number of ether oxygens (including phenoxy) is 2. The lowest BCUT2D eigenvalue weighted by Gasteiger charge is -2.04. The number of aromatic nitrogens is 2. The molecule has 6 nitrogen and oxygen atoms in total. The Balaban J connectivity index is 1.40. The predicted molar refractivity (Wildman–Crippen MR) is 97.2 cm³/mol. The molecule has 3 aromatic rings. The summed E-state index contributed by atoms with van der Waals surface area (Å²) in [5.41, 5.74) is 1.75. The van der Waals surface area contributed by atoms with Gasteiger partial charge in [0, 0.05) is 5.75 Å². The van der Waals surface area contributed by atoms with Crippen LogP contribution in [0.5, 0.6) is 11.5 Å². The summed E-state index contributed by atoms with van der Waals surface area (Å²) < 4.78 is 16.7. The number of nitrogens with zero attached hydrogens (tertiary/aromatic N) is 3. The van der Waals surface area contributed by atoms with E-state index in [1.165, 1.54) is 17.3 Å². The summed E-state index contributed by atoms with van der Waals surface area (Å²) in [4.78, 5) is 0. The Kier molecular flexibility index (Phi) is 6.12. The predicted octanol–water partition coefficient (Wildman–Crippen LogP) is 4.00. The Hall–Kier alpha value is -2.98. The zero-order valence-corrected chi connectivity index (χ0v) is 15.0. The molecule has 132 valence electrons. The van der Waals surface area contributed by atoms with Gasteiger partial charge in [0.1, 0.15) is 11.5 Å². The Morgan fingerprint density at radius 2 is 1.92 bits per heavy atom. The van der Waals surface area contributed by atoms with Crippen molar-refractivity contribution in [1.29, 1.82) is 5.26 Å². The highest BCUT2D eigenvalue weighted by Crippen LogP contribution is 2.19. The second-order valence-electron chi connectivity index (χ2n) is 5.40. The van der Waals surface area contributed by atoms with E-state index in [9.17, 15) is 0 Å². The number of thioether (sulfide) groups is 1. The van der Waals surface area contributed by atoms with Crippen LogP contribution in [0.4, 0.5) is 0 Å². The third-order valence-electron chi connectivity index (χ3n) is 3.37. The molecule has 0 amide bonds. The van der Waals surface area contributed by atoms with E-state index >= 15 is 0 Å². The van der Waals surface area contributed by atoms with E-state index in [2.05, 4.69) is 16.3 Å². The first-order valence-corrected chi connectivity index (χ1v) is 8.99. The van der Waals surface area contributed by atoms with Crippen molar-refractivity contribution in [3.8, 4) is 17.6 Å². The molecule has 26 heavy (non-hydrogen) atoms. The van der Waals surface area contributed by atoms with Gasteiger partial charge in [0.15, 0.2) is 6.61 Å². The molecule has 2 aromatic carbocycles. The molecular weight excluding hydrogens is 350 g/mol. The standard InChI is InChI=1S/C19H17N3O3S/c1-14-5-7-16(8-6-14)24-13-18-21-22-19(25-18)26-10-9-23-17-4-2-3-15(11-17)12-20/h2-8,11H,9-10,13H2,1H3. The van der Waals surface area contributed by atoms with Crippen molar-refractivity contribution < 1.29 is 13.9 Å². The molecule has 7 heteroatoms. The van der Waals surface area contributed by atoms with Gasteiger partial charge in [-0.3, -0.25) is 0 Å². The summed E-state index contributed by atoms with van der Waals surface area (Å²) in [6, 6.07) is 16.9. The van der Waals surface area contributed by atoms with Crippen molar-refractivity contribution in [3.05, 3.63) is 65.5 Å². The lowest BCUT2D eigenvalue weighted by Crippen LogP contribution is -2.00. The van der Waals surface area contributed by atoms with Crippen LogP contribution in [0, 0.1) is 18.3 Å². The fraction of sp³-hybridized carbons (Fsp3) is 0.211. The largest absolute Gasteiger partial charge is 0.493 e. The zero-order valence-electron chi connectivity index (χ0n) is 14.2. The molecule has 0 atom stereocenters. The lowest BCUT2D eigenvalue weighted by atomic mass is 10.2. The first-order valence-electron chi connectivity index (χ1n) is 8.00. The summed E-state index contributed by atoms with van der Waals surface area (Å²) in [5.74, 6) is 2.51. The van der Waals surface area contributed by atoms with Crippen LogP contribution in [0.3, 0.4) is 0 Å². The average molecular weight is 367 g/mol. The van der Waals surface area contributed by atoms with Gasteiger partial charge in [-0.05, 0) is 37.3 Å². The van der Waals surface area contributed by atoms with Gasteiger partial charge >= 0.3 is 0 Å². The molecular formula is C19H17N3O3S. The first-order chi connectivity index (χ1) is 12.7. The molecule has 0 aliphatic heterocycles. The number of hydrogen-bond acceptors (Lipinski definition) is 7. The van der Waals surface area contributed by atoms with Crippen LogP contribution < -0.4 is 9.47 Å². The molecule has 0 aliphatic rings. The van der Waals surface area contributed by atoms with Crippen molar-refractivity contribution in [1.82, 2.24) is 10.2 Å². The van der Waals surface area contributed by atoms with Crippen molar-refractivity contribution >= 4 is 11.8 Å². The highest BCUT2D eigenvalue weighted by molar-refractivity contribution is 7.99. The monoisotopic (exact) mass is 367 g/mol. The number of aryl methyl sites for hydroxylation is 1. The van der Waals surface area contributed by atoms with Gasteiger partial charge in [-0.15, -0.1) is 10.2 Å². The number of rotatable bonds is 8. The van der Waals surface area contributed by atoms with E-state index in [1.807, 2.05) is 37.3 Å². The third-order valence-corrected chi connectivity index (χ3v) is 4.16. The van der Waals surface area contributed by atoms with Gasteiger partial charge in [-0.2, -0.15) is 5.26 Å². The molecule has 0 N–H and O–H groups in total. The maximum absolute atomic E-state index is 8.87. The van der Waals surface area contributed by atoms with Gasteiger partial charge in [0.25, 0.3) is 11.1 Å². The van der Waals surface area contributed by atoms with Gasteiger partial charge in [-0.25, -0.2) is 0 Å². The minimum atomic E-state index is 0.230. The van der Waals surface area contributed by atoms with Crippen molar-refractivity contribution in [2.24, 2.45) is 0 Å². The molecule has 0 aliphatic carbocycles. The fourth-order valence-electron chi connectivity index (χ4n) is 2.08. The van der Waals surface area contributed by atoms with Crippen LogP contribution in [0.15, 0.2) is 58.2 Å². The van der Waals surface area contributed by atoms with Crippen LogP contribution in [0.1, 0.15) is 17.0 Å². The van der Waals surface area contributed by atoms with Gasteiger partial charge in [0.05, 0.1) is 18.2 Å². The molecule has 0 radical (unpaired) electrons. The summed E-state index contributed by atoms with van der Waals surface area (Å²) in [5, 5.41) is 17.3. The molecule has 0 unspecified atom stereocenters. The van der Waals surface area contributed by atoms with E-state index < -0.39 is 0 Å². The maximum atomic E-state index is 8.87. The van der Waals surface area contributed by atoms with E-state index in [4.69, 9.17) is 19.2 Å². The second kappa shape index (κ2) is 8.92. The van der Waals surface area contributed by atoms with E-state index in [0.717, 1.165) is 5.75 Å². The molecule has 1 aromatic heterocycles. The summed E-state index contributed by atoms with van der Waals surface area (Å²) in [6.07, 6.45) is 0. The topological polar surface area (TPSA) is 81.2 Å². The number of benzene rings is 2. The van der Waals surface area contributed by atoms with Crippen LogP contribution in [0.2, 0.25) is 0 Å². The van der Waals surface area contributed by atoms with Crippen LogP contribution in [0.25, 0.3) is 0 Å². The van der Waals surface area contributed by atoms with Crippen molar-refractivity contribution in [3.63, 3.8) is 0 Å². The highest BCUT2D eigenvalue weighted by Gasteiger charge is 2.08. The van der Waals surface area contributed by atoms with Crippen molar-refractivity contribution in [2.75, 3.05) is 12.4 Å². The summed E-state index contributed by atoms with van der Waals surface area (Å²) >= 11 is 1.41. The number of hydrogen-bond donors (Lipinski definition) is 0. The van der Waals surface area contributed by atoms with Gasteiger partial charge in [0.2, 0.25) is 0 Å². The second-order valence-corrected chi connectivity index (χ2v) is 6.45. The van der Waals surface area contributed by atoms with Gasteiger partial charge in [-0.1, -0.05) is 35.5 Å². The van der Waals surface area contributed by atoms with Gasteiger partial charge < -0.3 is 13.9 Å². The highest BCUT2D eigenvalue weighted by atomic mass is 32.2. The third kappa shape index (κ3) is 5.26. The molecule has 1 heterocycles. The minimum absolute atomic E-state index is 0.230. The first kappa shape index (κ1) is 17.8. The number of nitriles is 1.